The van der Waals surface area contributed by atoms with E-state index < -0.39 is 0 Å². The molecule has 1 aromatic heterocycles. The highest BCUT2D eigenvalue weighted by Crippen LogP contribution is 2.28. The van der Waals surface area contributed by atoms with E-state index in [9.17, 15) is 4.79 Å². The molecule has 21 heavy (non-hydrogen) atoms. The third-order valence-electron chi connectivity index (χ3n) is 3.99. The molecule has 0 atom stereocenters. The molecule has 0 unspecified atom stereocenters. The first-order chi connectivity index (χ1) is 10.1. The van der Waals surface area contributed by atoms with Crippen LogP contribution in [0.3, 0.4) is 0 Å². The number of rotatable bonds is 0. The molecule has 0 amide bonds. The molecular formula is C18H12BrNO. The van der Waals surface area contributed by atoms with E-state index in [0.717, 1.165) is 32.6 Å². The summed E-state index contributed by atoms with van der Waals surface area (Å²) in [5, 5.41) is 5.22. The molecule has 0 aliphatic carbocycles. The number of hydrogen-bond donors (Lipinski definition) is 0. The molecule has 0 saturated heterocycles. The average molecular weight is 338 g/mol. The van der Waals surface area contributed by atoms with Crippen molar-refractivity contribution in [3.05, 3.63) is 70.5 Å². The van der Waals surface area contributed by atoms with Crippen molar-refractivity contribution in [2.75, 3.05) is 0 Å². The maximum absolute atomic E-state index is 12.6. The Morgan fingerprint density at radius 2 is 1.67 bits per heavy atom. The third kappa shape index (κ3) is 1.81. The van der Waals surface area contributed by atoms with Gasteiger partial charge in [0.25, 0.3) is 0 Å². The van der Waals surface area contributed by atoms with Gasteiger partial charge in [0.15, 0.2) is 5.43 Å². The first kappa shape index (κ1) is 12.6. The van der Waals surface area contributed by atoms with E-state index in [-0.39, 0.29) is 5.43 Å². The molecule has 102 valence electrons. The zero-order chi connectivity index (χ0) is 14.6. The molecule has 3 heteroatoms. The Hall–Kier alpha value is -2.13. The Kier molecular flexibility index (Phi) is 2.66. The second-order valence-electron chi connectivity index (χ2n) is 5.33. The van der Waals surface area contributed by atoms with Crippen molar-refractivity contribution in [1.82, 2.24) is 3.59 Å². The Bertz CT molecular complexity index is 1080. The molecule has 4 rings (SSSR count). The lowest BCUT2D eigenvalue weighted by atomic mass is 9.99. The highest BCUT2D eigenvalue weighted by Gasteiger charge is 2.10. The first-order valence-corrected chi connectivity index (χ1v) is 7.50. The Labute approximate surface area is 130 Å². The number of aryl methyl sites for hydroxylation is 1. The van der Waals surface area contributed by atoms with Gasteiger partial charge in [0.1, 0.15) is 0 Å². The summed E-state index contributed by atoms with van der Waals surface area (Å²) in [6, 6.07) is 16.5. The summed E-state index contributed by atoms with van der Waals surface area (Å²) in [7, 11) is 0. The van der Waals surface area contributed by atoms with Crippen molar-refractivity contribution in [3.8, 4) is 0 Å². The predicted octanol–water partition coefficient (Wildman–Crippen LogP) is 4.77. The van der Waals surface area contributed by atoms with Crippen LogP contribution in [0.2, 0.25) is 0 Å². The van der Waals surface area contributed by atoms with Gasteiger partial charge >= 0.3 is 0 Å². The van der Waals surface area contributed by atoms with Crippen LogP contribution in [-0.4, -0.2) is 3.59 Å². The second-order valence-corrected chi connectivity index (χ2v) is 6.10. The van der Waals surface area contributed by atoms with Crippen LogP contribution >= 0.6 is 16.1 Å². The SMILES string of the molecule is Cc1cn(Br)c2ccc3cc4ccccc4cc3c2c1=O. The van der Waals surface area contributed by atoms with Gasteiger partial charge in [-0.3, -0.25) is 8.39 Å². The van der Waals surface area contributed by atoms with Gasteiger partial charge in [-0.25, -0.2) is 0 Å². The summed E-state index contributed by atoms with van der Waals surface area (Å²) < 4.78 is 1.84. The topological polar surface area (TPSA) is 22.0 Å². The molecule has 0 radical (unpaired) electrons. The summed E-state index contributed by atoms with van der Waals surface area (Å²) in [6.45, 7) is 1.85. The fourth-order valence-electron chi connectivity index (χ4n) is 2.91. The van der Waals surface area contributed by atoms with Crippen molar-refractivity contribution in [2.24, 2.45) is 0 Å². The minimum Gasteiger partial charge on any atom is -0.289 e. The summed E-state index contributed by atoms with van der Waals surface area (Å²) in [6.07, 6.45) is 1.82. The van der Waals surface area contributed by atoms with E-state index in [0.29, 0.717) is 0 Å². The van der Waals surface area contributed by atoms with Crippen LogP contribution in [0.25, 0.3) is 32.4 Å². The van der Waals surface area contributed by atoms with Crippen molar-refractivity contribution < 1.29 is 0 Å². The van der Waals surface area contributed by atoms with E-state index in [2.05, 4.69) is 46.5 Å². The maximum Gasteiger partial charge on any atom is 0.192 e. The monoisotopic (exact) mass is 337 g/mol. The minimum atomic E-state index is 0.0987. The highest BCUT2D eigenvalue weighted by molar-refractivity contribution is 9.08. The predicted molar refractivity (Wildman–Crippen MR) is 92.3 cm³/mol. The van der Waals surface area contributed by atoms with Gasteiger partial charge in [-0.05, 0) is 46.7 Å². The lowest BCUT2D eigenvalue weighted by molar-refractivity contribution is 1.26. The van der Waals surface area contributed by atoms with Gasteiger partial charge in [0.2, 0.25) is 0 Å². The van der Waals surface area contributed by atoms with Gasteiger partial charge in [-0.2, -0.15) is 0 Å². The van der Waals surface area contributed by atoms with Crippen LogP contribution in [-0.2, 0) is 0 Å². The molecule has 0 aliphatic heterocycles. The lowest BCUT2D eigenvalue weighted by Crippen LogP contribution is -2.08. The van der Waals surface area contributed by atoms with Crippen LogP contribution < -0.4 is 5.43 Å². The standard InChI is InChI=1S/C18H12BrNO/c1-11-10-20(19)16-7-6-14-8-12-4-2-3-5-13(12)9-15(14)17(16)18(11)21/h2-10H,1H3. The zero-order valence-electron chi connectivity index (χ0n) is 11.4. The number of benzene rings is 3. The van der Waals surface area contributed by atoms with Crippen molar-refractivity contribution in [2.45, 2.75) is 6.92 Å². The summed E-state index contributed by atoms with van der Waals surface area (Å²) in [5.41, 5.74) is 1.73. The summed E-state index contributed by atoms with van der Waals surface area (Å²) in [5.74, 6) is 0. The van der Waals surface area contributed by atoms with Gasteiger partial charge in [0, 0.05) is 11.8 Å². The van der Waals surface area contributed by atoms with Crippen LogP contribution in [0.1, 0.15) is 5.56 Å². The van der Waals surface area contributed by atoms with E-state index in [1.54, 1.807) is 0 Å². The van der Waals surface area contributed by atoms with E-state index in [1.165, 1.54) is 5.39 Å². The fraction of sp³-hybridized carbons (Fsp3) is 0.0556. The van der Waals surface area contributed by atoms with Gasteiger partial charge in [0.05, 0.1) is 27.1 Å². The van der Waals surface area contributed by atoms with Crippen molar-refractivity contribution >= 4 is 48.6 Å². The molecule has 0 bridgehead atoms. The molecule has 0 saturated carbocycles. The summed E-state index contributed by atoms with van der Waals surface area (Å²) in [4.78, 5) is 12.6. The molecular weight excluding hydrogens is 326 g/mol. The molecule has 2 nitrogen and oxygen atoms in total. The third-order valence-corrected chi connectivity index (χ3v) is 4.57. The summed E-state index contributed by atoms with van der Waals surface area (Å²) >= 11 is 3.50. The van der Waals surface area contributed by atoms with Crippen molar-refractivity contribution in [1.29, 1.82) is 0 Å². The second kappa shape index (κ2) is 4.43. The number of fused-ring (bicyclic) bond motifs is 4. The molecule has 0 aliphatic rings. The van der Waals surface area contributed by atoms with Gasteiger partial charge < -0.3 is 0 Å². The van der Waals surface area contributed by atoms with Crippen LogP contribution in [0.15, 0.2) is 59.5 Å². The van der Waals surface area contributed by atoms with E-state index >= 15 is 0 Å². The lowest BCUT2D eigenvalue weighted by Gasteiger charge is -2.09. The number of nitrogens with zero attached hydrogens (tertiary/aromatic N) is 1. The normalized spacial score (nSPS) is 11.5. The molecule has 0 fully saturated rings. The zero-order valence-corrected chi connectivity index (χ0v) is 13.0. The quantitative estimate of drug-likeness (QED) is 0.334. The van der Waals surface area contributed by atoms with Crippen LogP contribution in [0, 0.1) is 6.92 Å². The first-order valence-electron chi connectivity index (χ1n) is 6.79. The smallest absolute Gasteiger partial charge is 0.192 e. The average Bonchev–Trinajstić information content (AvgIpc) is 2.49. The Balaban J connectivity index is 2.33. The van der Waals surface area contributed by atoms with Gasteiger partial charge in [-0.15, -0.1) is 0 Å². The number of aromatic nitrogens is 1. The Morgan fingerprint density at radius 1 is 0.952 bits per heavy atom. The van der Waals surface area contributed by atoms with Crippen LogP contribution in [0.4, 0.5) is 0 Å². The largest absolute Gasteiger partial charge is 0.289 e. The minimum absolute atomic E-state index is 0.0987. The number of pyridine rings is 1. The number of hydrogen-bond acceptors (Lipinski definition) is 1. The van der Waals surface area contributed by atoms with E-state index in [4.69, 9.17) is 0 Å². The fourth-order valence-corrected chi connectivity index (χ4v) is 3.52. The molecule has 1 heterocycles. The van der Waals surface area contributed by atoms with Crippen LogP contribution in [0.5, 0.6) is 0 Å². The molecule has 3 aromatic carbocycles. The molecule has 4 aromatic rings. The molecule has 0 spiro atoms. The molecule has 0 N–H and O–H groups in total. The van der Waals surface area contributed by atoms with E-state index in [1.807, 2.05) is 34.9 Å². The van der Waals surface area contributed by atoms with Gasteiger partial charge in [-0.1, -0.05) is 30.3 Å². The highest BCUT2D eigenvalue weighted by atomic mass is 79.9. The number of halogens is 1. The Morgan fingerprint density at radius 3 is 2.43 bits per heavy atom. The van der Waals surface area contributed by atoms with Crippen molar-refractivity contribution in [3.63, 3.8) is 0 Å². The maximum atomic E-state index is 12.6.